The van der Waals surface area contributed by atoms with E-state index in [1.807, 2.05) is 41.0 Å². The molecule has 5 rings (SSSR count). The maximum Gasteiger partial charge on any atom is 0.217 e. The number of likely N-dealkylation sites (tertiary alicyclic amines) is 1. The number of hydrogen-bond acceptors (Lipinski definition) is 6. The summed E-state index contributed by atoms with van der Waals surface area (Å²) in [5, 5.41) is 4.85. The molecule has 0 aliphatic carbocycles. The van der Waals surface area contributed by atoms with Crippen molar-refractivity contribution < 1.29 is 9.47 Å². The molecule has 3 aromatic heterocycles. The molecule has 1 unspecified atom stereocenters. The number of fused-ring (bicyclic) bond motifs is 1. The Morgan fingerprint density at radius 3 is 2.84 bits per heavy atom. The Kier molecular flexibility index (Phi) is 5.73. The van der Waals surface area contributed by atoms with Crippen molar-refractivity contribution in [1.82, 2.24) is 24.5 Å². The fraction of sp³-hybridized carbons (Fsp3) is 0.320. The maximum absolute atomic E-state index is 5.43. The maximum atomic E-state index is 5.43. The molecule has 7 nitrogen and oxygen atoms in total. The summed E-state index contributed by atoms with van der Waals surface area (Å²) in [6.45, 7) is 2.81. The fourth-order valence-electron chi connectivity index (χ4n) is 4.43. The molecule has 1 aliphatic heterocycles. The van der Waals surface area contributed by atoms with Gasteiger partial charge in [-0.2, -0.15) is 5.10 Å². The molecule has 0 N–H and O–H groups in total. The molecule has 1 aliphatic rings. The molecule has 164 valence electrons. The molecule has 7 heteroatoms. The number of methoxy groups -OCH3 is 2. The quantitative estimate of drug-likeness (QED) is 0.458. The van der Waals surface area contributed by atoms with Crippen LogP contribution >= 0.6 is 0 Å². The highest BCUT2D eigenvalue weighted by Crippen LogP contribution is 2.28. The van der Waals surface area contributed by atoms with Crippen molar-refractivity contribution in [1.29, 1.82) is 0 Å². The van der Waals surface area contributed by atoms with Crippen molar-refractivity contribution in [2.45, 2.75) is 25.3 Å². The van der Waals surface area contributed by atoms with Gasteiger partial charge in [-0.15, -0.1) is 0 Å². The molecule has 0 amide bonds. The van der Waals surface area contributed by atoms with Crippen molar-refractivity contribution in [3.05, 3.63) is 72.3 Å². The van der Waals surface area contributed by atoms with Crippen LogP contribution in [0.15, 0.2) is 60.9 Å². The molecule has 0 saturated carbocycles. The van der Waals surface area contributed by atoms with E-state index in [1.54, 1.807) is 20.4 Å². The lowest BCUT2D eigenvalue weighted by Gasteiger charge is -2.31. The van der Waals surface area contributed by atoms with Crippen LogP contribution in [0.5, 0.6) is 11.6 Å². The average molecular weight is 430 g/mol. The molecule has 0 radical (unpaired) electrons. The van der Waals surface area contributed by atoms with E-state index in [-0.39, 0.29) is 0 Å². The van der Waals surface area contributed by atoms with Crippen molar-refractivity contribution in [3.8, 4) is 22.8 Å². The summed E-state index contributed by atoms with van der Waals surface area (Å²) in [5.41, 5.74) is 4.17. The average Bonchev–Trinajstić information content (AvgIpc) is 3.28. The number of pyridine rings is 2. The molecule has 0 bridgehead atoms. The molecule has 1 fully saturated rings. The first-order valence-electron chi connectivity index (χ1n) is 10.9. The van der Waals surface area contributed by atoms with Gasteiger partial charge >= 0.3 is 0 Å². The lowest BCUT2D eigenvalue weighted by Crippen LogP contribution is -2.34. The van der Waals surface area contributed by atoms with Gasteiger partial charge in [-0.1, -0.05) is 18.2 Å². The third-order valence-corrected chi connectivity index (χ3v) is 6.06. The molecule has 32 heavy (non-hydrogen) atoms. The molecule has 1 aromatic carbocycles. The summed E-state index contributed by atoms with van der Waals surface area (Å²) >= 11 is 0. The minimum absolute atomic E-state index is 0.312. The van der Waals surface area contributed by atoms with Gasteiger partial charge in [-0.3, -0.25) is 4.90 Å². The number of benzene rings is 1. The number of rotatable bonds is 6. The van der Waals surface area contributed by atoms with E-state index in [2.05, 4.69) is 28.1 Å². The van der Waals surface area contributed by atoms with Gasteiger partial charge in [0.25, 0.3) is 0 Å². The van der Waals surface area contributed by atoms with Crippen molar-refractivity contribution >= 4 is 5.65 Å². The van der Waals surface area contributed by atoms with Crippen LogP contribution in [-0.2, 0) is 6.54 Å². The zero-order chi connectivity index (χ0) is 21.9. The molecular weight excluding hydrogens is 402 g/mol. The van der Waals surface area contributed by atoms with E-state index in [1.165, 1.54) is 0 Å². The summed E-state index contributed by atoms with van der Waals surface area (Å²) in [7, 11) is 3.36. The van der Waals surface area contributed by atoms with Crippen molar-refractivity contribution in [2.75, 3.05) is 27.3 Å². The Morgan fingerprint density at radius 1 is 1.03 bits per heavy atom. The molecule has 4 aromatic rings. The Balaban J connectivity index is 1.36. The first-order chi connectivity index (χ1) is 15.7. The predicted octanol–water partition coefficient (Wildman–Crippen LogP) is 4.19. The van der Waals surface area contributed by atoms with Crippen LogP contribution in [0.25, 0.3) is 16.8 Å². The third kappa shape index (κ3) is 4.16. The van der Waals surface area contributed by atoms with Gasteiger partial charge in [0.15, 0.2) is 11.5 Å². The third-order valence-electron chi connectivity index (χ3n) is 6.06. The van der Waals surface area contributed by atoms with Crippen molar-refractivity contribution in [3.63, 3.8) is 0 Å². The van der Waals surface area contributed by atoms with Crippen LogP contribution in [0, 0.1) is 0 Å². The number of aromatic nitrogens is 4. The Hall–Kier alpha value is -3.45. The zero-order valence-electron chi connectivity index (χ0n) is 18.4. The highest BCUT2D eigenvalue weighted by Gasteiger charge is 2.25. The van der Waals surface area contributed by atoms with E-state index < -0.39 is 0 Å². The molecular formula is C25H27N5O2. The number of piperidine rings is 1. The van der Waals surface area contributed by atoms with Gasteiger partial charge < -0.3 is 9.47 Å². The molecule has 1 atom stereocenters. The van der Waals surface area contributed by atoms with E-state index in [9.17, 15) is 0 Å². The minimum atomic E-state index is 0.312. The Labute approximate surface area is 187 Å². The molecule has 1 saturated heterocycles. The minimum Gasteiger partial charge on any atom is -0.497 e. The number of ether oxygens (including phenoxy) is 2. The van der Waals surface area contributed by atoms with Crippen molar-refractivity contribution in [2.24, 2.45) is 0 Å². The Bertz CT molecular complexity index is 1220. The SMILES string of the molecule is COc1cccc(-c2ccc3nc(C4CCCN(Cc5cccnc5OC)C4)nn3c2)c1. The second-order valence-corrected chi connectivity index (χ2v) is 8.17. The largest absolute Gasteiger partial charge is 0.497 e. The van der Waals surface area contributed by atoms with Gasteiger partial charge in [0.1, 0.15) is 5.75 Å². The van der Waals surface area contributed by atoms with Gasteiger partial charge in [0, 0.05) is 42.5 Å². The normalized spacial score (nSPS) is 16.9. The summed E-state index contributed by atoms with van der Waals surface area (Å²) in [6.07, 6.45) is 6.03. The zero-order valence-corrected chi connectivity index (χ0v) is 18.4. The van der Waals surface area contributed by atoms with Crippen LogP contribution in [0.4, 0.5) is 0 Å². The summed E-state index contributed by atoms with van der Waals surface area (Å²) in [6, 6.07) is 16.2. The predicted molar refractivity (Wildman–Crippen MR) is 123 cm³/mol. The highest BCUT2D eigenvalue weighted by atomic mass is 16.5. The molecule has 0 spiro atoms. The van der Waals surface area contributed by atoms with Crippen LogP contribution < -0.4 is 9.47 Å². The topological polar surface area (TPSA) is 64.8 Å². The van der Waals surface area contributed by atoms with Gasteiger partial charge in [0.05, 0.1) is 14.2 Å². The summed E-state index contributed by atoms with van der Waals surface area (Å²) < 4.78 is 12.7. The Morgan fingerprint density at radius 2 is 1.97 bits per heavy atom. The monoisotopic (exact) mass is 429 g/mol. The second kappa shape index (κ2) is 8.96. The number of nitrogens with zero attached hydrogens (tertiary/aromatic N) is 5. The lowest BCUT2D eigenvalue weighted by atomic mass is 9.97. The first kappa shape index (κ1) is 20.5. The summed E-state index contributed by atoms with van der Waals surface area (Å²) in [4.78, 5) is 11.6. The molecule has 4 heterocycles. The van der Waals surface area contributed by atoms with E-state index in [4.69, 9.17) is 19.6 Å². The van der Waals surface area contributed by atoms with Gasteiger partial charge in [-0.25, -0.2) is 14.5 Å². The highest BCUT2D eigenvalue weighted by molar-refractivity contribution is 5.66. The van der Waals surface area contributed by atoms with Gasteiger partial charge in [0.2, 0.25) is 5.88 Å². The smallest absolute Gasteiger partial charge is 0.217 e. The van der Waals surface area contributed by atoms with E-state index in [0.717, 1.165) is 66.4 Å². The van der Waals surface area contributed by atoms with E-state index >= 15 is 0 Å². The van der Waals surface area contributed by atoms with Crippen LogP contribution in [0.2, 0.25) is 0 Å². The standard InChI is InChI=1S/C25H27N5O2/c1-31-22-9-3-6-18(14-22)19-10-11-23-27-24(28-30(23)17-19)20-8-5-13-29(15-20)16-21-7-4-12-26-25(21)32-2/h3-4,6-7,9-12,14,17,20H,5,8,13,15-16H2,1-2H3. The summed E-state index contributed by atoms with van der Waals surface area (Å²) in [5.74, 6) is 2.77. The first-order valence-corrected chi connectivity index (χ1v) is 10.9. The second-order valence-electron chi connectivity index (χ2n) is 8.17. The van der Waals surface area contributed by atoms with E-state index in [0.29, 0.717) is 11.8 Å². The van der Waals surface area contributed by atoms with Crippen LogP contribution in [0.1, 0.15) is 30.1 Å². The fourth-order valence-corrected chi connectivity index (χ4v) is 4.43. The van der Waals surface area contributed by atoms with Gasteiger partial charge in [-0.05, 0) is 55.3 Å². The number of hydrogen-bond donors (Lipinski definition) is 0. The van der Waals surface area contributed by atoms with Crippen LogP contribution in [0.3, 0.4) is 0 Å². The van der Waals surface area contributed by atoms with Crippen LogP contribution in [-0.4, -0.2) is 51.8 Å². The lowest BCUT2D eigenvalue weighted by molar-refractivity contribution is 0.194.